The molecule has 4 rings (SSSR count). The number of nitrogens with zero attached hydrogens (tertiary/aromatic N) is 2. The Bertz CT molecular complexity index is 753. The summed E-state index contributed by atoms with van der Waals surface area (Å²) in [5.74, 6) is -0.00578. The van der Waals surface area contributed by atoms with E-state index in [9.17, 15) is 9.59 Å². The number of carbonyl (C=O) groups excluding carboxylic acids is 2. The van der Waals surface area contributed by atoms with Gasteiger partial charge in [0.1, 0.15) is 0 Å². The zero-order valence-electron chi connectivity index (χ0n) is 14.4. The van der Waals surface area contributed by atoms with Crippen molar-refractivity contribution in [1.82, 2.24) is 14.8 Å². The molecule has 1 saturated heterocycles. The van der Waals surface area contributed by atoms with Gasteiger partial charge in [-0.25, -0.2) is 4.79 Å². The van der Waals surface area contributed by atoms with Crippen LogP contribution < -0.4 is 5.32 Å². The van der Waals surface area contributed by atoms with E-state index in [0.717, 1.165) is 23.1 Å². The van der Waals surface area contributed by atoms with Crippen LogP contribution >= 0.6 is 11.3 Å². The first kappa shape index (κ1) is 16.4. The van der Waals surface area contributed by atoms with Crippen LogP contribution in [0.3, 0.4) is 0 Å². The van der Waals surface area contributed by atoms with E-state index in [1.54, 1.807) is 16.2 Å². The predicted molar refractivity (Wildman–Crippen MR) is 97.2 cm³/mol. The van der Waals surface area contributed by atoms with Crippen molar-refractivity contribution in [3.63, 3.8) is 0 Å². The molecule has 134 valence electrons. The van der Waals surface area contributed by atoms with Crippen LogP contribution in [-0.2, 0) is 4.74 Å². The van der Waals surface area contributed by atoms with Crippen molar-refractivity contribution >= 4 is 33.4 Å². The molecule has 6 nitrogen and oxygen atoms in total. The molecule has 3 heterocycles. The molecule has 2 fully saturated rings. The number of thiophene rings is 1. The second kappa shape index (κ2) is 6.71. The number of carbonyl (C=O) groups is 2. The van der Waals surface area contributed by atoms with Crippen molar-refractivity contribution in [2.75, 3.05) is 19.7 Å². The Labute approximate surface area is 150 Å². The second-order valence-corrected chi connectivity index (χ2v) is 7.88. The lowest BCUT2D eigenvalue weighted by molar-refractivity contribution is 0.0863. The lowest BCUT2D eigenvalue weighted by Gasteiger charge is -2.31. The molecular formula is C18H23N3O3S. The zero-order chi connectivity index (χ0) is 17.4. The van der Waals surface area contributed by atoms with Crippen molar-refractivity contribution < 1.29 is 14.3 Å². The van der Waals surface area contributed by atoms with Crippen LogP contribution in [0.4, 0.5) is 4.79 Å². The fourth-order valence-corrected chi connectivity index (χ4v) is 4.31. The van der Waals surface area contributed by atoms with Crippen LogP contribution in [0.2, 0.25) is 0 Å². The third-order valence-electron chi connectivity index (χ3n) is 4.89. The molecule has 0 aromatic carbocycles. The van der Waals surface area contributed by atoms with Crippen LogP contribution in [0.15, 0.2) is 18.5 Å². The van der Waals surface area contributed by atoms with Gasteiger partial charge in [-0.3, -0.25) is 4.79 Å². The Morgan fingerprint density at radius 3 is 2.64 bits per heavy atom. The molecule has 25 heavy (non-hydrogen) atoms. The van der Waals surface area contributed by atoms with Gasteiger partial charge in [-0.15, -0.1) is 11.3 Å². The standard InChI is InChI=1S/C18H23N3O3S/c1-2-24-18(23)20-7-5-13(6-8-20)19-17(22)15-9-12-10-21(14-3-4-14)11-16(12)25-15/h9-11,13-14H,2-8H2,1H3,(H,19,22). The molecular weight excluding hydrogens is 338 g/mol. The summed E-state index contributed by atoms with van der Waals surface area (Å²) >= 11 is 1.55. The van der Waals surface area contributed by atoms with Gasteiger partial charge in [-0.1, -0.05) is 0 Å². The van der Waals surface area contributed by atoms with E-state index >= 15 is 0 Å². The van der Waals surface area contributed by atoms with Crippen molar-refractivity contribution in [3.05, 3.63) is 23.3 Å². The molecule has 1 aliphatic carbocycles. The summed E-state index contributed by atoms with van der Waals surface area (Å²) in [6.07, 6.45) is 8.12. The zero-order valence-corrected chi connectivity index (χ0v) is 15.2. The van der Waals surface area contributed by atoms with Crippen LogP contribution in [0.25, 0.3) is 10.1 Å². The van der Waals surface area contributed by atoms with E-state index in [1.807, 2.05) is 13.0 Å². The fourth-order valence-electron chi connectivity index (χ4n) is 3.33. The van der Waals surface area contributed by atoms with E-state index in [4.69, 9.17) is 4.74 Å². The maximum atomic E-state index is 12.5. The highest BCUT2D eigenvalue weighted by molar-refractivity contribution is 7.20. The van der Waals surface area contributed by atoms with Crippen LogP contribution in [0, 0.1) is 0 Å². The van der Waals surface area contributed by atoms with Gasteiger partial charge < -0.3 is 19.5 Å². The summed E-state index contributed by atoms with van der Waals surface area (Å²) in [5, 5.41) is 4.27. The van der Waals surface area contributed by atoms with Gasteiger partial charge in [0.05, 0.1) is 16.2 Å². The summed E-state index contributed by atoms with van der Waals surface area (Å²) in [6, 6.07) is 2.77. The number of likely N-dealkylation sites (tertiary alicyclic amines) is 1. The van der Waals surface area contributed by atoms with Gasteiger partial charge in [0.2, 0.25) is 0 Å². The Morgan fingerprint density at radius 1 is 1.24 bits per heavy atom. The number of hydrogen-bond donors (Lipinski definition) is 1. The largest absolute Gasteiger partial charge is 0.450 e. The van der Waals surface area contributed by atoms with Crippen LogP contribution in [-0.4, -0.2) is 47.2 Å². The number of ether oxygens (including phenoxy) is 1. The molecule has 2 aliphatic rings. The monoisotopic (exact) mass is 361 g/mol. The molecule has 1 saturated carbocycles. The minimum atomic E-state index is -0.256. The maximum Gasteiger partial charge on any atom is 0.409 e. The average molecular weight is 361 g/mol. The minimum absolute atomic E-state index is 0.00578. The first-order valence-corrected chi connectivity index (χ1v) is 9.79. The van der Waals surface area contributed by atoms with Crippen LogP contribution in [0.5, 0.6) is 0 Å². The molecule has 0 unspecified atom stereocenters. The van der Waals surface area contributed by atoms with Crippen LogP contribution in [0.1, 0.15) is 48.3 Å². The van der Waals surface area contributed by atoms with Crippen molar-refractivity contribution in [2.24, 2.45) is 0 Å². The van der Waals surface area contributed by atoms with Gasteiger partial charge in [-0.2, -0.15) is 0 Å². The van der Waals surface area contributed by atoms with Gasteiger partial charge in [0.25, 0.3) is 5.91 Å². The summed E-state index contributed by atoms with van der Waals surface area (Å²) < 4.78 is 8.47. The molecule has 2 amide bonds. The summed E-state index contributed by atoms with van der Waals surface area (Å²) in [7, 11) is 0. The smallest absolute Gasteiger partial charge is 0.409 e. The molecule has 2 aromatic heterocycles. The van der Waals surface area contributed by atoms with E-state index < -0.39 is 0 Å². The topological polar surface area (TPSA) is 63.6 Å². The number of hydrogen-bond acceptors (Lipinski definition) is 4. The number of fused-ring (bicyclic) bond motifs is 1. The number of piperidine rings is 1. The van der Waals surface area contributed by atoms with E-state index in [-0.39, 0.29) is 18.0 Å². The maximum absolute atomic E-state index is 12.5. The molecule has 0 atom stereocenters. The normalized spacial score (nSPS) is 18.5. The average Bonchev–Trinajstić information content (AvgIpc) is 3.25. The molecule has 0 radical (unpaired) electrons. The minimum Gasteiger partial charge on any atom is -0.450 e. The Morgan fingerprint density at radius 2 is 2.00 bits per heavy atom. The summed E-state index contributed by atoms with van der Waals surface area (Å²) in [6.45, 7) is 3.46. The molecule has 0 spiro atoms. The number of amides is 2. The Hall–Kier alpha value is -2.02. The SMILES string of the molecule is CCOC(=O)N1CCC(NC(=O)c2cc3cn(C4CC4)cc3s2)CC1. The highest BCUT2D eigenvalue weighted by Crippen LogP contribution is 2.38. The number of aromatic nitrogens is 1. The molecule has 0 bridgehead atoms. The third kappa shape index (κ3) is 3.51. The van der Waals surface area contributed by atoms with Crippen molar-refractivity contribution in [1.29, 1.82) is 0 Å². The molecule has 1 N–H and O–H groups in total. The Balaban J connectivity index is 1.33. The molecule has 7 heteroatoms. The predicted octanol–water partition coefficient (Wildman–Crippen LogP) is 3.39. The van der Waals surface area contributed by atoms with Gasteiger partial charge in [0, 0.05) is 43.0 Å². The molecule has 2 aromatic rings. The quantitative estimate of drug-likeness (QED) is 0.908. The lowest BCUT2D eigenvalue weighted by Crippen LogP contribution is -2.46. The molecule has 1 aliphatic heterocycles. The van der Waals surface area contributed by atoms with E-state index in [2.05, 4.69) is 22.3 Å². The summed E-state index contributed by atoms with van der Waals surface area (Å²) in [5.41, 5.74) is 0. The summed E-state index contributed by atoms with van der Waals surface area (Å²) in [4.78, 5) is 26.7. The lowest BCUT2D eigenvalue weighted by atomic mass is 10.1. The first-order valence-electron chi connectivity index (χ1n) is 8.97. The van der Waals surface area contributed by atoms with Crippen molar-refractivity contribution in [3.8, 4) is 0 Å². The third-order valence-corrected chi connectivity index (χ3v) is 5.98. The highest BCUT2D eigenvalue weighted by atomic mass is 32.1. The van der Waals surface area contributed by atoms with E-state index in [1.165, 1.54) is 17.5 Å². The number of rotatable bonds is 4. The van der Waals surface area contributed by atoms with Gasteiger partial charge in [-0.05, 0) is 38.7 Å². The van der Waals surface area contributed by atoms with Gasteiger partial charge >= 0.3 is 6.09 Å². The van der Waals surface area contributed by atoms with Crippen molar-refractivity contribution in [2.45, 2.75) is 44.7 Å². The number of nitrogens with one attached hydrogen (secondary N) is 1. The van der Waals surface area contributed by atoms with Gasteiger partial charge in [0.15, 0.2) is 0 Å². The highest BCUT2D eigenvalue weighted by Gasteiger charge is 2.26. The second-order valence-electron chi connectivity index (χ2n) is 6.80. The Kier molecular flexibility index (Phi) is 4.41. The fraction of sp³-hybridized carbons (Fsp3) is 0.556. The van der Waals surface area contributed by atoms with E-state index in [0.29, 0.717) is 25.7 Å². The first-order chi connectivity index (χ1) is 12.1.